The Hall–Kier alpha value is -2.78. The van der Waals surface area contributed by atoms with Gasteiger partial charge in [-0.1, -0.05) is 26.0 Å². The molecule has 1 aliphatic heterocycles. The average Bonchev–Trinajstić information content (AvgIpc) is 2.67. The predicted molar refractivity (Wildman–Crippen MR) is 107 cm³/mol. The van der Waals surface area contributed by atoms with Gasteiger partial charge in [0.1, 0.15) is 12.0 Å². The van der Waals surface area contributed by atoms with Crippen LogP contribution in [0.3, 0.4) is 0 Å². The van der Waals surface area contributed by atoms with E-state index >= 15 is 0 Å². The molecule has 0 aromatic heterocycles. The molecule has 0 saturated carbocycles. The lowest BCUT2D eigenvalue weighted by Crippen LogP contribution is -2.42. The second kappa shape index (κ2) is 8.30. The van der Waals surface area contributed by atoms with Crippen molar-refractivity contribution < 1.29 is 22.9 Å². The molecule has 154 valence electrons. The number of carbonyl (C=O) groups is 1. The van der Waals surface area contributed by atoms with E-state index in [4.69, 9.17) is 4.74 Å². The lowest BCUT2D eigenvalue weighted by Gasteiger charge is -2.34. The number of sulfonamides is 1. The zero-order valence-electron chi connectivity index (χ0n) is 16.1. The number of aldehydes is 1. The van der Waals surface area contributed by atoms with Gasteiger partial charge >= 0.3 is 5.69 Å². The van der Waals surface area contributed by atoms with E-state index in [-0.39, 0.29) is 28.2 Å². The van der Waals surface area contributed by atoms with Crippen LogP contribution in [0.25, 0.3) is 0 Å². The highest BCUT2D eigenvalue weighted by molar-refractivity contribution is 7.89. The van der Waals surface area contributed by atoms with Crippen molar-refractivity contribution in [2.45, 2.75) is 25.2 Å². The van der Waals surface area contributed by atoms with E-state index in [9.17, 15) is 23.3 Å². The number of ether oxygens (including phenoxy) is 1. The van der Waals surface area contributed by atoms with Crippen LogP contribution in [0.4, 0.5) is 5.69 Å². The molecule has 8 nitrogen and oxygen atoms in total. The summed E-state index contributed by atoms with van der Waals surface area (Å²) < 4.78 is 33.0. The lowest BCUT2D eigenvalue weighted by atomic mass is 9.94. The lowest BCUT2D eigenvalue weighted by molar-refractivity contribution is -0.385. The third-order valence-corrected chi connectivity index (χ3v) is 6.65. The maximum absolute atomic E-state index is 13.0. The molecule has 2 aromatic carbocycles. The molecule has 0 radical (unpaired) electrons. The highest BCUT2D eigenvalue weighted by Gasteiger charge is 2.33. The second-order valence-electron chi connectivity index (χ2n) is 7.45. The summed E-state index contributed by atoms with van der Waals surface area (Å²) in [4.78, 5) is 21.6. The molecule has 1 saturated heterocycles. The minimum atomic E-state index is -3.86. The van der Waals surface area contributed by atoms with Gasteiger partial charge in [-0.3, -0.25) is 14.9 Å². The van der Waals surface area contributed by atoms with Crippen LogP contribution in [0.1, 0.15) is 30.6 Å². The van der Waals surface area contributed by atoms with Gasteiger partial charge in [-0.2, -0.15) is 4.31 Å². The Labute approximate surface area is 169 Å². The Morgan fingerprint density at radius 3 is 2.45 bits per heavy atom. The van der Waals surface area contributed by atoms with E-state index < -0.39 is 20.6 Å². The van der Waals surface area contributed by atoms with Crippen molar-refractivity contribution in [1.29, 1.82) is 0 Å². The first kappa shape index (κ1) is 20.9. The van der Waals surface area contributed by atoms with Crippen LogP contribution >= 0.6 is 0 Å². The van der Waals surface area contributed by atoms with E-state index in [0.29, 0.717) is 24.9 Å². The molecule has 2 aromatic rings. The normalized spacial score (nSPS) is 20.2. The first-order valence-corrected chi connectivity index (χ1v) is 10.7. The second-order valence-corrected chi connectivity index (χ2v) is 9.39. The molecule has 1 heterocycles. The Bertz CT molecular complexity index is 1030. The molecule has 2 atom stereocenters. The Balaban J connectivity index is 1.95. The van der Waals surface area contributed by atoms with Crippen LogP contribution < -0.4 is 4.74 Å². The van der Waals surface area contributed by atoms with Crippen molar-refractivity contribution >= 4 is 22.0 Å². The number of carbonyl (C=O) groups excluding carboxylic acids is 1. The number of piperidine rings is 1. The first-order valence-electron chi connectivity index (χ1n) is 9.22. The van der Waals surface area contributed by atoms with Gasteiger partial charge in [0.25, 0.3) is 0 Å². The van der Waals surface area contributed by atoms with Gasteiger partial charge < -0.3 is 4.74 Å². The number of nitro groups is 1. The summed E-state index contributed by atoms with van der Waals surface area (Å²) >= 11 is 0. The molecule has 0 N–H and O–H groups in total. The molecule has 3 rings (SSSR count). The minimum Gasteiger partial charge on any atom is -0.450 e. The standard InChI is InChI=1S/C20H22N2O6S/c1-14-8-15(2)12-21(11-14)29(26,27)18-6-7-20(19(10-18)22(24)25)28-17-5-3-4-16(9-17)13-23/h3-7,9-10,13-15H,8,11-12H2,1-2H3/t14-,15+. The number of nitro benzene ring substituents is 1. The molecule has 0 amide bonds. The quantitative estimate of drug-likeness (QED) is 0.400. The molecule has 0 bridgehead atoms. The summed E-state index contributed by atoms with van der Waals surface area (Å²) in [6.07, 6.45) is 1.58. The number of hydrogen-bond acceptors (Lipinski definition) is 6. The maximum atomic E-state index is 13.0. The highest BCUT2D eigenvalue weighted by Crippen LogP contribution is 2.35. The van der Waals surface area contributed by atoms with Gasteiger partial charge in [0.15, 0.2) is 0 Å². The van der Waals surface area contributed by atoms with Crippen LogP contribution in [0.5, 0.6) is 11.5 Å². The van der Waals surface area contributed by atoms with Gasteiger partial charge in [-0.15, -0.1) is 0 Å². The van der Waals surface area contributed by atoms with Gasteiger partial charge in [0.05, 0.1) is 9.82 Å². The molecular weight excluding hydrogens is 396 g/mol. The van der Waals surface area contributed by atoms with Crippen LogP contribution in [-0.2, 0) is 10.0 Å². The SMILES string of the molecule is C[C@@H]1C[C@H](C)CN(S(=O)(=O)c2ccc(Oc3cccc(C=O)c3)c([N+](=O)[O-])c2)C1. The third kappa shape index (κ3) is 4.63. The van der Waals surface area contributed by atoms with Crippen molar-refractivity contribution in [3.8, 4) is 11.5 Å². The Morgan fingerprint density at radius 1 is 1.14 bits per heavy atom. The molecule has 1 aliphatic rings. The number of rotatable bonds is 6. The summed E-state index contributed by atoms with van der Waals surface area (Å²) in [7, 11) is -3.86. The summed E-state index contributed by atoms with van der Waals surface area (Å²) in [6.45, 7) is 4.75. The molecule has 9 heteroatoms. The van der Waals surface area contributed by atoms with E-state index in [1.807, 2.05) is 13.8 Å². The fraction of sp³-hybridized carbons (Fsp3) is 0.350. The molecule has 0 spiro atoms. The van der Waals surface area contributed by atoms with Crippen LogP contribution in [0.2, 0.25) is 0 Å². The fourth-order valence-corrected chi connectivity index (χ4v) is 5.32. The van der Waals surface area contributed by atoms with Crippen LogP contribution in [0, 0.1) is 22.0 Å². The van der Waals surface area contributed by atoms with Crippen molar-refractivity contribution in [2.24, 2.45) is 11.8 Å². The predicted octanol–water partition coefficient (Wildman–Crippen LogP) is 3.87. The largest absolute Gasteiger partial charge is 0.450 e. The van der Waals surface area contributed by atoms with E-state index in [0.717, 1.165) is 12.5 Å². The Morgan fingerprint density at radius 2 is 1.83 bits per heavy atom. The summed E-state index contributed by atoms with van der Waals surface area (Å²) in [5, 5.41) is 11.6. The minimum absolute atomic E-state index is 0.0996. The molecule has 29 heavy (non-hydrogen) atoms. The molecule has 0 aliphatic carbocycles. The van der Waals surface area contributed by atoms with E-state index in [2.05, 4.69) is 0 Å². The number of hydrogen-bond donors (Lipinski definition) is 0. The fourth-order valence-electron chi connectivity index (χ4n) is 3.62. The van der Waals surface area contributed by atoms with Crippen molar-refractivity contribution in [2.75, 3.05) is 13.1 Å². The van der Waals surface area contributed by atoms with Gasteiger partial charge in [-0.05, 0) is 42.5 Å². The van der Waals surface area contributed by atoms with Gasteiger partial charge in [0.2, 0.25) is 15.8 Å². The monoisotopic (exact) mass is 418 g/mol. The highest BCUT2D eigenvalue weighted by atomic mass is 32.2. The summed E-state index contributed by atoms with van der Waals surface area (Å²) in [5.74, 6) is 0.580. The maximum Gasteiger partial charge on any atom is 0.312 e. The average molecular weight is 418 g/mol. The zero-order valence-corrected chi connectivity index (χ0v) is 17.0. The number of nitrogens with zero attached hydrogens (tertiary/aromatic N) is 2. The van der Waals surface area contributed by atoms with Gasteiger partial charge in [0, 0.05) is 24.7 Å². The number of benzene rings is 2. The van der Waals surface area contributed by atoms with Crippen LogP contribution in [-0.4, -0.2) is 37.0 Å². The topological polar surface area (TPSA) is 107 Å². The van der Waals surface area contributed by atoms with Crippen LogP contribution in [0.15, 0.2) is 47.4 Å². The van der Waals surface area contributed by atoms with E-state index in [1.54, 1.807) is 18.2 Å². The third-order valence-electron chi connectivity index (χ3n) is 4.82. The molecular formula is C20H22N2O6S. The van der Waals surface area contributed by atoms with Crippen molar-refractivity contribution in [3.63, 3.8) is 0 Å². The van der Waals surface area contributed by atoms with Crippen molar-refractivity contribution in [1.82, 2.24) is 4.31 Å². The zero-order chi connectivity index (χ0) is 21.2. The Kier molecular flexibility index (Phi) is 5.99. The molecule has 1 fully saturated rings. The van der Waals surface area contributed by atoms with Gasteiger partial charge in [-0.25, -0.2) is 8.42 Å². The van der Waals surface area contributed by atoms with Crippen molar-refractivity contribution in [3.05, 3.63) is 58.1 Å². The summed E-state index contributed by atoms with van der Waals surface area (Å²) in [6, 6.07) is 9.77. The summed E-state index contributed by atoms with van der Waals surface area (Å²) in [5.41, 5.74) is -0.0987. The first-order chi connectivity index (χ1) is 13.7. The smallest absolute Gasteiger partial charge is 0.312 e. The molecule has 0 unspecified atom stereocenters. The van der Waals surface area contributed by atoms with E-state index in [1.165, 1.54) is 22.5 Å².